The zero-order valence-corrected chi connectivity index (χ0v) is 55.2. The number of nitrogens with one attached hydrogen (secondary N) is 8. The number of aromatic nitrogens is 6. The smallest absolute Gasteiger partial charge is 0.384 e. The SMILES string of the molecule is C.CN(C)C(=O)c1ccc(N)nc1.CNC(=O)c1ccccc1Nc1cc(Cl)ncc1C(F)(F)F.CNC(=O)c1ccccc1Nc1cc(Nc2ccc(C(=O)N(C)C)cn2)ncc1C(F)(F)F.CNC(=O)c1ccccc1Nc1cc(Nc2ccc(C(=O)N(C)C)cn2)ncc1C(F)(F)F. The molecule has 0 bridgehead atoms. The van der Waals surface area contributed by atoms with Crippen molar-refractivity contribution in [3.63, 3.8) is 0 Å². The lowest BCUT2D eigenvalue weighted by Crippen LogP contribution is -2.21. The summed E-state index contributed by atoms with van der Waals surface area (Å²) in [6.07, 6.45) is -7.74. The summed E-state index contributed by atoms with van der Waals surface area (Å²) in [5, 5.41) is 20.9. The third-order valence-electron chi connectivity index (χ3n) is 13.4. The van der Waals surface area contributed by atoms with Gasteiger partial charge in [-0.25, -0.2) is 29.9 Å². The highest BCUT2D eigenvalue weighted by atomic mass is 35.5. The van der Waals surface area contributed by atoms with Crippen LogP contribution in [0.4, 0.5) is 103 Å². The number of para-hydroxylation sites is 3. The highest BCUT2D eigenvalue weighted by Crippen LogP contribution is 2.40. The molecule has 9 aromatic rings. The van der Waals surface area contributed by atoms with Gasteiger partial charge >= 0.3 is 18.5 Å². The van der Waals surface area contributed by atoms with E-state index in [0.717, 1.165) is 6.07 Å². The molecular formula is C67H68ClF9N18O6. The summed E-state index contributed by atoms with van der Waals surface area (Å²) in [6, 6.07) is 31.4. The van der Waals surface area contributed by atoms with Gasteiger partial charge in [-0.15, -0.1) is 0 Å². The highest BCUT2D eigenvalue weighted by Gasteiger charge is 2.37. The van der Waals surface area contributed by atoms with Gasteiger partial charge in [0, 0.05) is 113 Å². The summed E-state index contributed by atoms with van der Waals surface area (Å²) in [5.74, 6) is -0.686. The van der Waals surface area contributed by atoms with Crippen molar-refractivity contribution in [2.75, 3.05) is 95.7 Å². The summed E-state index contributed by atoms with van der Waals surface area (Å²) < 4.78 is 121. The largest absolute Gasteiger partial charge is 0.419 e. The van der Waals surface area contributed by atoms with Gasteiger partial charge in [0.2, 0.25) is 0 Å². The van der Waals surface area contributed by atoms with E-state index in [2.05, 4.69) is 72.4 Å². The Morgan fingerprint density at radius 2 is 0.653 bits per heavy atom. The molecule has 0 fully saturated rings. The molecule has 0 saturated heterocycles. The highest BCUT2D eigenvalue weighted by molar-refractivity contribution is 6.29. The Labute approximate surface area is 578 Å². The Hall–Kier alpha value is -12.2. The molecular weight excluding hydrogens is 1360 g/mol. The molecule has 24 nitrogen and oxygen atoms in total. The second-order valence-electron chi connectivity index (χ2n) is 21.2. The number of carbonyl (C=O) groups excluding carboxylic acids is 6. The second-order valence-corrected chi connectivity index (χ2v) is 21.6. The van der Waals surface area contributed by atoms with Gasteiger partial charge in [0.05, 0.1) is 84.2 Å². The first-order valence-corrected chi connectivity index (χ1v) is 29.5. The first-order chi connectivity index (χ1) is 47.1. The second kappa shape index (κ2) is 35.4. The van der Waals surface area contributed by atoms with Crippen LogP contribution in [0.15, 0.2) is 165 Å². The van der Waals surface area contributed by atoms with Gasteiger partial charge in [-0.3, -0.25) is 28.8 Å². The molecule has 101 heavy (non-hydrogen) atoms. The number of halogens is 10. The van der Waals surface area contributed by atoms with Crippen molar-refractivity contribution in [2.45, 2.75) is 26.0 Å². The van der Waals surface area contributed by atoms with Crippen LogP contribution in [0.25, 0.3) is 0 Å². The van der Waals surface area contributed by atoms with E-state index in [4.69, 9.17) is 17.3 Å². The first-order valence-electron chi connectivity index (χ1n) is 29.1. The molecule has 6 heterocycles. The Bertz CT molecular complexity index is 4170. The number of anilines is 11. The monoisotopic (exact) mass is 1430 g/mol. The molecule has 34 heteroatoms. The first kappa shape index (κ1) is 79.5. The fourth-order valence-electron chi connectivity index (χ4n) is 8.43. The zero-order chi connectivity index (χ0) is 73.8. The Morgan fingerprint density at radius 3 is 0.931 bits per heavy atom. The molecule has 0 aliphatic heterocycles. The number of carbonyl (C=O) groups is 6. The minimum Gasteiger partial charge on any atom is -0.384 e. The van der Waals surface area contributed by atoms with E-state index in [-0.39, 0.29) is 104 Å². The quantitative estimate of drug-likeness (QED) is 0.0321. The van der Waals surface area contributed by atoms with Crippen LogP contribution >= 0.6 is 11.6 Å². The minimum absolute atomic E-state index is 0. The number of hydrogen-bond acceptors (Lipinski definition) is 18. The van der Waals surface area contributed by atoms with Gasteiger partial charge in [-0.2, -0.15) is 39.5 Å². The molecule has 9 rings (SSSR count). The summed E-state index contributed by atoms with van der Waals surface area (Å²) in [5.41, 5.74) is 4.01. The van der Waals surface area contributed by atoms with E-state index in [0.29, 0.717) is 41.1 Å². The molecule has 0 unspecified atom stereocenters. The Morgan fingerprint density at radius 1 is 0.366 bits per heavy atom. The fraction of sp³-hybridized carbons (Fsp3) is 0.194. The summed E-state index contributed by atoms with van der Waals surface area (Å²) >= 11 is 5.67. The number of alkyl halides is 9. The number of nitrogens with zero attached hydrogens (tertiary/aromatic N) is 9. The fourth-order valence-corrected chi connectivity index (χ4v) is 8.59. The maximum atomic E-state index is 13.6. The number of amides is 6. The average Bonchev–Trinajstić information content (AvgIpc) is 0.826. The van der Waals surface area contributed by atoms with Crippen LogP contribution in [0.2, 0.25) is 5.15 Å². The van der Waals surface area contributed by atoms with Crippen LogP contribution in [0.1, 0.15) is 86.3 Å². The average molecular weight is 1430 g/mol. The van der Waals surface area contributed by atoms with Gasteiger partial charge in [0.1, 0.15) is 34.2 Å². The van der Waals surface area contributed by atoms with Crippen molar-refractivity contribution < 1.29 is 68.3 Å². The van der Waals surface area contributed by atoms with E-state index in [1.807, 2.05) is 0 Å². The van der Waals surface area contributed by atoms with E-state index in [9.17, 15) is 68.3 Å². The van der Waals surface area contributed by atoms with Gasteiger partial charge in [0.25, 0.3) is 35.4 Å². The maximum Gasteiger partial charge on any atom is 0.419 e. The summed E-state index contributed by atoms with van der Waals surface area (Å²) in [7, 11) is 14.1. The van der Waals surface area contributed by atoms with Crippen molar-refractivity contribution in [1.82, 2.24) is 60.6 Å². The van der Waals surface area contributed by atoms with Crippen LogP contribution in [0.5, 0.6) is 0 Å². The van der Waals surface area contributed by atoms with Crippen molar-refractivity contribution in [3.8, 4) is 0 Å². The molecule has 0 saturated carbocycles. The molecule has 0 radical (unpaired) electrons. The third kappa shape index (κ3) is 22.4. The Balaban J connectivity index is 0.000000255. The standard InChI is InChI=1S/2C22H21F3N6O2.C14H11ClF3N3O.C8H11N3O.CH4/c2*1-26-20(32)14-6-4-5-7-16(14)29-17-10-19(28-12-15(17)22(23,24)25)30-18-9-8-13(11-27-18)21(33)31(2)3;1-19-13(22)8-4-2-3-5-10(8)21-11-6-12(15)20-7-9(11)14(16,17)18;1-11(2)8(12)6-3-4-7(9)10-5-6;/h2*4-12H,1-3H3,(H,26,32)(H2,27,28,29,30);2-7H,1H3,(H,19,22)(H,20,21);3-5H,1-2H3,(H2,9,10);1H4. The van der Waals surface area contributed by atoms with Crippen LogP contribution in [-0.4, -0.2) is 143 Å². The maximum absolute atomic E-state index is 13.6. The number of nitrogen functional groups attached to an aromatic ring is 1. The predicted octanol–water partition coefficient (Wildman–Crippen LogP) is 12.9. The number of benzene rings is 3. The lowest BCUT2D eigenvalue weighted by atomic mass is 10.1. The molecule has 3 aromatic carbocycles. The topological polar surface area (TPSA) is 312 Å². The lowest BCUT2D eigenvalue weighted by molar-refractivity contribution is -0.138. The molecule has 0 aliphatic carbocycles. The molecule has 0 atom stereocenters. The van der Waals surface area contributed by atoms with E-state index in [1.165, 1.54) is 115 Å². The van der Waals surface area contributed by atoms with Crippen molar-refractivity contribution in [3.05, 3.63) is 220 Å². The number of rotatable bonds is 16. The normalized spacial score (nSPS) is 10.7. The minimum atomic E-state index is -4.68. The molecule has 6 amide bonds. The zero-order valence-electron chi connectivity index (χ0n) is 54.4. The molecule has 532 valence electrons. The van der Waals surface area contributed by atoms with Gasteiger partial charge in [-0.05, 0) is 78.9 Å². The number of hydrogen-bond donors (Lipinski definition) is 9. The molecule has 0 aliphatic rings. The molecule has 6 aromatic heterocycles. The van der Waals surface area contributed by atoms with Crippen LogP contribution in [0.3, 0.4) is 0 Å². The molecule has 0 spiro atoms. The summed E-state index contributed by atoms with van der Waals surface area (Å²) in [4.78, 5) is 98.7. The summed E-state index contributed by atoms with van der Waals surface area (Å²) in [6.45, 7) is 0. The molecule has 10 N–H and O–H groups in total. The van der Waals surface area contributed by atoms with E-state index >= 15 is 0 Å². The van der Waals surface area contributed by atoms with Gasteiger partial charge < -0.3 is 63.0 Å². The van der Waals surface area contributed by atoms with Crippen LogP contribution in [-0.2, 0) is 18.5 Å². The van der Waals surface area contributed by atoms with Gasteiger partial charge in [-0.1, -0.05) is 55.4 Å². The van der Waals surface area contributed by atoms with Gasteiger partial charge in [0.15, 0.2) is 0 Å². The number of pyridine rings is 6. The number of nitrogens with two attached hydrogens (primary N) is 1. The lowest BCUT2D eigenvalue weighted by Gasteiger charge is -2.17. The van der Waals surface area contributed by atoms with E-state index in [1.54, 1.807) is 103 Å². The van der Waals surface area contributed by atoms with Crippen molar-refractivity contribution in [1.29, 1.82) is 0 Å². The third-order valence-corrected chi connectivity index (χ3v) is 13.6. The van der Waals surface area contributed by atoms with E-state index < -0.39 is 52.9 Å². The van der Waals surface area contributed by atoms with Crippen molar-refractivity contribution >= 4 is 110 Å². The van der Waals surface area contributed by atoms with Crippen LogP contribution < -0.4 is 48.3 Å². The van der Waals surface area contributed by atoms with Crippen LogP contribution in [0, 0.1) is 0 Å². The Kier molecular flexibility index (Phi) is 27.9. The predicted molar refractivity (Wildman–Crippen MR) is 367 cm³/mol. The van der Waals surface area contributed by atoms with Crippen molar-refractivity contribution in [2.24, 2.45) is 0 Å².